The van der Waals surface area contributed by atoms with E-state index in [1.54, 1.807) is 24.7 Å². The van der Waals surface area contributed by atoms with Crippen LogP contribution in [0.5, 0.6) is 11.5 Å². The Kier molecular flexibility index (Phi) is 2.90. The molecule has 18 heavy (non-hydrogen) atoms. The number of hydrogen-bond acceptors (Lipinski definition) is 5. The summed E-state index contributed by atoms with van der Waals surface area (Å²) in [5.74, 6) is 1.37. The van der Waals surface area contributed by atoms with Crippen molar-refractivity contribution < 1.29 is 9.47 Å². The normalized spacial score (nSPS) is 12.5. The van der Waals surface area contributed by atoms with Crippen molar-refractivity contribution in [2.24, 2.45) is 0 Å². The number of aromatic nitrogens is 2. The minimum atomic E-state index is 0.235. The van der Waals surface area contributed by atoms with Gasteiger partial charge in [-0.2, -0.15) is 0 Å². The van der Waals surface area contributed by atoms with E-state index in [1.807, 2.05) is 6.07 Å². The lowest BCUT2D eigenvalue weighted by Crippen LogP contribution is -2.02. The molecule has 1 aliphatic rings. The fourth-order valence-electron chi connectivity index (χ4n) is 1.66. The van der Waals surface area contributed by atoms with Crippen LogP contribution in [0.2, 0.25) is 5.02 Å². The van der Waals surface area contributed by atoms with E-state index in [9.17, 15) is 0 Å². The van der Waals surface area contributed by atoms with Crippen molar-refractivity contribution in [3.8, 4) is 11.5 Å². The molecule has 0 fully saturated rings. The molecule has 0 aliphatic carbocycles. The molecule has 0 amide bonds. The molecule has 1 N–H and O–H groups in total. The summed E-state index contributed by atoms with van der Waals surface area (Å²) in [6, 6.07) is 3.56. The molecule has 2 heterocycles. The number of anilines is 1. The number of nitrogens with zero attached hydrogens (tertiary/aromatic N) is 2. The number of halogens is 1. The smallest absolute Gasteiger partial charge is 0.231 e. The van der Waals surface area contributed by atoms with Gasteiger partial charge in [-0.05, 0) is 0 Å². The highest BCUT2D eigenvalue weighted by molar-refractivity contribution is 6.33. The lowest BCUT2D eigenvalue weighted by atomic mass is 10.2. The van der Waals surface area contributed by atoms with Crippen LogP contribution in [-0.2, 0) is 6.54 Å². The van der Waals surface area contributed by atoms with E-state index < -0.39 is 0 Å². The standard InChI is InChI=1S/C12H10ClN3O2/c13-9-3-11-12(18-7-17-11)4-10(9)16-6-8-5-14-1-2-15-8/h1-5,16H,6-7H2. The van der Waals surface area contributed by atoms with E-state index in [2.05, 4.69) is 15.3 Å². The molecule has 0 atom stereocenters. The minimum Gasteiger partial charge on any atom is -0.454 e. The third-order valence-electron chi connectivity index (χ3n) is 2.54. The molecule has 3 rings (SSSR count). The van der Waals surface area contributed by atoms with Crippen LogP contribution in [0, 0.1) is 0 Å². The molecule has 2 aromatic rings. The van der Waals surface area contributed by atoms with Gasteiger partial charge in [0, 0.05) is 24.5 Å². The zero-order chi connectivity index (χ0) is 12.4. The predicted molar refractivity (Wildman–Crippen MR) is 66.9 cm³/mol. The molecule has 1 aliphatic heterocycles. The zero-order valence-electron chi connectivity index (χ0n) is 9.39. The first-order valence-electron chi connectivity index (χ1n) is 5.41. The maximum atomic E-state index is 6.14. The van der Waals surface area contributed by atoms with Crippen molar-refractivity contribution in [2.45, 2.75) is 6.54 Å². The Hall–Kier alpha value is -2.01. The Labute approximate surface area is 109 Å². The Morgan fingerprint density at radius 1 is 1.22 bits per heavy atom. The summed E-state index contributed by atoms with van der Waals surface area (Å²) in [6.07, 6.45) is 4.99. The molecule has 0 unspecified atom stereocenters. The second-order valence-electron chi connectivity index (χ2n) is 3.74. The van der Waals surface area contributed by atoms with Crippen LogP contribution in [0.25, 0.3) is 0 Å². The van der Waals surface area contributed by atoms with Crippen molar-refractivity contribution >= 4 is 17.3 Å². The van der Waals surface area contributed by atoms with Gasteiger partial charge in [0.25, 0.3) is 0 Å². The average molecular weight is 264 g/mol. The summed E-state index contributed by atoms with van der Waals surface area (Å²) in [6.45, 7) is 0.784. The fraction of sp³-hybridized carbons (Fsp3) is 0.167. The fourth-order valence-corrected chi connectivity index (χ4v) is 1.88. The molecular formula is C12H10ClN3O2. The van der Waals surface area contributed by atoms with Crippen LogP contribution >= 0.6 is 11.6 Å². The van der Waals surface area contributed by atoms with Crippen LogP contribution < -0.4 is 14.8 Å². The molecule has 92 valence electrons. The first-order chi connectivity index (χ1) is 8.83. The highest BCUT2D eigenvalue weighted by Gasteiger charge is 2.16. The van der Waals surface area contributed by atoms with Crippen molar-refractivity contribution in [3.63, 3.8) is 0 Å². The number of fused-ring (bicyclic) bond motifs is 1. The summed E-state index contributed by atoms with van der Waals surface area (Å²) in [5.41, 5.74) is 1.62. The van der Waals surface area contributed by atoms with Crippen molar-refractivity contribution in [1.29, 1.82) is 0 Å². The van der Waals surface area contributed by atoms with Crippen LogP contribution in [-0.4, -0.2) is 16.8 Å². The minimum absolute atomic E-state index is 0.235. The molecule has 0 saturated carbocycles. The molecule has 1 aromatic heterocycles. The van der Waals surface area contributed by atoms with Crippen molar-refractivity contribution in [1.82, 2.24) is 9.97 Å². The Bertz CT molecular complexity index is 563. The molecule has 0 bridgehead atoms. The summed E-state index contributed by atoms with van der Waals surface area (Å²) in [7, 11) is 0. The molecule has 0 saturated heterocycles. The van der Waals surface area contributed by atoms with Crippen molar-refractivity contribution in [2.75, 3.05) is 12.1 Å². The van der Waals surface area contributed by atoms with Gasteiger partial charge in [0.1, 0.15) is 0 Å². The van der Waals surface area contributed by atoms with Crippen LogP contribution in [0.4, 0.5) is 5.69 Å². The number of ether oxygens (including phenoxy) is 2. The van der Waals surface area contributed by atoms with Gasteiger partial charge >= 0.3 is 0 Å². The van der Waals surface area contributed by atoms with E-state index in [0.29, 0.717) is 23.1 Å². The lowest BCUT2D eigenvalue weighted by Gasteiger charge is -2.08. The monoisotopic (exact) mass is 263 g/mol. The van der Waals surface area contributed by atoms with E-state index in [0.717, 1.165) is 11.4 Å². The van der Waals surface area contributed by atoms with E-state index in [1.165, 1.54) is 0 Å². The molecule has 0 radical (unpaired) electrons. The first kappa shape index (κ1) is 11.1. The Morgan fingerprint density at radius 3 is 2.83 bits per heavy atom. The van der Waals surface area contributed by atoms with Gasteiger partial charge in [0.15, 0.2) is 11.5 Å². The molecule has 0 spiro atoms. The Morgan fingerprint density at radius 2 is 2.06 bits per heavy atom. The summed E-state index contributed by atoms with van der Waals surface area (Å²) in [4.78, 5) is 8.17. The number of nitrogens with one attached hydrogen (secondary N) is 1. The van der Waals surface area contributed by atoms with E-state index in [4.69, 9.17) is 21.1 Å². The highest BCUT2D eigenvalue weighted by atomic mass is 35.5. The number of benzene rings is 1. The van der Waals surface area contributed by atoms with Gasteiger partial charge in [0.05, 0.1) is 29.1 Å². The first-order valence-corrected chi connectivity index (χ1v) is 5.78. The maximum absolute atomic E-state index is 6.14. The maximum Gasteiger partial charge on any atom is 0.231 e. The molecular weight excluding hydrogens is 254 g/mol. The second kappa shape index (κ2) is 4.70. The predicted octanol–water partition coefficient (Wildman–Crippen LogP) is 2.47. The van der Waals surface area contributed by atoms with Gasteiger partial charge in [-0.3, -0.25) is 9.97 Å². The largest absolute Gasteiger partial charge is 0.454 e. The topological polar surface area (TPSA) is 56.3 Å². The van der Waals surface area contributed by atoms with Crippen molar-refractivity contribution in [3.05, 3.63) is 41.4 Å². The van der Waals surface area contributed by atoms with Gasteiger partial charge in [-0.25, -0.2) is 0 Å². The summed E-state index contributed by atoms with van der Waals surface area (Å²) >= 11 is 6.14. The average Bonchev–Trinajstić information content (AvgIpc) is 2.84. The van der Waals surface area contributed by atoms with Gasteiger partial charge < -0.3 is 14.8 Å². The number of hydrogen-bond donors (Lipinski definition) is 1. The molecule has 6 heteroatoms. The van der Waals surface area contributed by atoms with Gasteiger partial charge in [-0.1, -0.05) is 11.6 Å². The SMILES string of the molecule is Clc1cc2c(cc1NCc1cnccn1)OCO2. The summed E-state index contributed by atoms with van der Waals surface area (Å²) < 4.78 is 10.5. The Balaban J connectivity index is 1.77. The molecule has 1 aromatic carbocycles. The third-order valence-corrected chi connectivity index (χ3v) is 2.85. The van der Waals surface area contributed by atoms with Gasteiger partial charge in [-0.15, -0.1) is 0 Å². The summed E-state index contributed by atoms with van der Waals surface area (Å²) in [5, 5.41) is 3.78. The van der Waals surface area contributed by atoms with Crippen LogP contribution in [0.1, 0.15) is 5.69 Å². The number of rotatable bonds is 3. The third kappa shape index (κ3) is 2.17. The molecule has 5 nitrogen and oxygen atoms in total. The zero-order valence-corrected chi connectivity index (χ0v) is 10.1. The lowest BCUT2D eigenvalue weighted by molar-refractivity contribution is 0.174. The van der Waals surface area contributed by atoms with E-state index in [-0.39, 0.29) is 6.79 Å². The van der Waals surface area contributed by atoms with Gasteiger partial charge in [0.2, 0.25) is 6.79 Å². The second-order valence-corrected chi connectivity index (χ2v) is 4.14. The quantitative estimate of drug-likeness (QED) is 0.922. The van der Waals surface area contributed by atoms with Crippen LogP contribution in [0.3, 0.4) is 0 Å². The van der Waals surface area contributed by atoms with Crippen LogP contribution in [0.15, 0.2) is 30.7 Å². The van der Waals surface area contributed by atoms with E-state index >= 15 is 0 Å². The highest BCUT2D eigenvalue weighted by Crippen LogP contribution is 2.39.